The van der Waals surface area contributed by atoms with Crippen LogP contribution in [0.4, 0.5) is 0 Å². The summed E-state index contributed by atoms with van der Waals surface area (Å²) in [5, 5.41) is 0. The van der Waals surface area contributed by atoms with Crippen LogP contribution in [0, 0.1) is 5.92 Å². The minimum absolute atomic E-state index is 0.00549. The summed E-state index contributed by atoms with van der Waals surface area (Å²) in [6, 6.07) is 11.4. The highest BCUT2D eigenvalue weighted by atomic mass is 16.2. The second kappa shape index (κ2) is 5.60. The third-order valence-electron chi connectivity index (χ3n) is 5.61. The fourth-order valence-corrected chi connectivity index (χ4v) is 4.40. The predicted octanol–water partition coefficient (Wildman–Crippen LogP) is 2.53. The molecule has 4 nitrogen and oxygen atoms in total. The number of nitrogens with zero attached hydrogens (tertiary/aromatic N) is 2. The van der Waals surface area contributed by atoms with Gasteiger partial charge in [-0.3, -0.25) is 19.4 Å². The second-order valence-corrected chi connectivity index (χ2v) is 6.85. The number of rotatable bonds is 4. The summed E-state index contributed by atoms with van der Waals surface area (Å²) in [5.74, 6) is 0.440. The van der Waals surface area contributed by atoms with Crippen molar-refractivity contribution in [3.05, 3.63) is 48.0 Å². The minimum atomic E-state index is -0.00549. The molecule has 120 valence electrons. The van der Waals surface area contributed by atoms with Gasteiger partial charge in [-0.15, -0.1) is 0 Å². The Morgan fingerprint density at radius 3 is 2.48 bits per heavy atom. The third kappa shape index (κ3) is 2.41. The van der Waals surface area contributed by atoms with Crippen LogP contribution in [0.2, 0.25) is 0 Å². The standard InChI is InChI=1S/C19H22N2O2/c1-13(14-5-3-2-4-6-14)21-16-8-7-15(11-16)17(21)12-20-18(22)9-10-19(20)23/h2-8,13,15-17H,9-12H2,1H3/t13-,15+,16-,17-/m0/s1. The number of carbonyl (C=O) groups is 2. The van der Waals surface area contributed by atoms with Crippen LogP contribution in [-0.4, -0.2) is 40.2 Å². The van der Waals surface area contributed by atoms with Crippen LogP contribution < -0.4 is 0 Å². The molecule has 2 aliphatic heterocycles. The van der Waals surface area contributed by atoms with Gasteiger partial charge in [-0.2, -0.15) is 0 Å². The van der Waals surface area contributed by atoms with Gasteiger partial charge in [0.25, 0.3) is 0 Å². The molecule has 0 unspecified atom stereocenters. The zero-order valence-electron chi connectivity index (χ0n) is 13.4. The van der Waals surface area contributed by atoms with Gasteiger partial charge >= 0.3 is 0 Å². The maximum Gasteiger partial charge on any atom is 0.229 e. The molecule has 1 aromatic rings. The lowest BCUT2D eigenvalue weighted by Crippen LogP contribution is -2.48. The van der Waals surface area contributed by atoms with Crippen molar-refractivity contribution in [1.29, 1.82) is 0 Å². The summed E-state index contributed by atoms with van der Waals surface area (Å²) < 4.78 is 0. The molecule has 2 fully saturated rings. The van der Waals surface area contributed by atoms with E-state index < -0.39 is 0 Å². The molecule has 2 amide bonds. The summed E-state index contributed by atoms with van der Waals surface area (Å²) in [6.45, 7) is 2.77. The maximum absolute atomic E-state index is 12.0. The Labute approximate surface area is 136 Å². The molecule has 4 heteroatoms. The minimum Gasteiger partial charge on any atom is -0.285 e. The number of likely N-dealkylation sites (tertiary alicyclic amines) is 2. The third-order valence-corrected chi connectivity index (χ3v) is 5.61. The molecule has 0 aromatic heterocycles. The van der Waals surface area contributed by atoms with E-state index in [0.29, 0.717) is 31.3 Å². The average molecular weight is 310 g/mol. The zero-order valence-corrected chi connectivity index (χ0v) is 13.4. The molecule has 2 saturated heterocycles. The average Bonchev–Trinajstić information content (AvgIpc) is 3.26. The van der Waals surface area contributed by atoms with Crippen LogP contribution in [0.5, 0.6) is 0 Å². The van der Waals surface area contributed by atoms with Gasteiger partial charge in [-0.25, -0.2) is 0 Å². The van der Waals surface area contributed by atoms with E-state index >= 15 is 0 Å². The normalized spacial score (nSPS) is 31.3. The van der Waals surface area contributed by atoms with E-state index in [4.69, 9.17) is 0 Å². The van der Waals surface area contributed by atoms with Crippen molar-refractivity contribution in [3.8, 4) is 0 Å². The van der Waals surface area contributed by atoms with E-state index in [-0.39, 0.29) is 23.9 Å². The fraction of sp³-hybridized carbons (Fsp3) is 0.474. The Morgan fingerprint density at radius 2 is 1.78 bits per heavy atom. The highest BCUT2D eigenvalue weighted by Gasteiger charge is 2.46. The van der Waals surface area contributed by atoms with Crippen LogP contribution in [0.3, 0.4) is 0 Å². The number of imide groups is 1. The van der Waals surface area contributed by atoms with Gasteiger partial charge in [0.15, 0.2) is 0 Å². The van der Waals surface area contributed by atoms with Gasteiger partial charge in [0.1, 0.15) is 0 Å². The van der Waals surface area contributed by atoms with Crippen LogP contribution >= 0.6 is 0 Å². The summed E-state index contributed by atoms with van der Waals surface area (Å²) in [4.78, 5) is 28.0. The van der Waals surface area contributed by atoms with Gasteiger partial charge in [-0.1, -0.05) is 42.5 Å². The first-order valence-electron chi connectivity index (χ1n) is 8.49. The van der Waals surface area contributed by atoms with Crippen molar-refractivity contribution in [1.82, 2.24) is 9.80 Å². The van der Waals surface area contributed by atoms with Crippen LogP contribution in [-0.2, 0) is 9.59 Å². The lowest BCUT2D eigenvalue weighted by Gasteiger charge is -2.39. The van der Waals surface area contributed by atoms with E-state index in [1.165, 1.54) is 10.5 Å². The van der Waals surface area contributed by atoms with Crippen LogP contribution in [0.1, 0.15) is 37.8 Å². The molecule has 1 aliphatic carbocycles. The van der Waals surface area contributed by atoms with E-state index in [1.54, 1.807) is 0 Å². The molecule has 4 atom stereocenters. The molecule has 1 aromatic carbocycles. The Balaban J connectivity index is 1.59. The predicted molar refractivity (Wildman–Crippen MR) is 87.5 cm³/mol. The molecule has 0 saturated carbocycles. The van der Waals surface area contributed by atoms with Crippen molar-refractivity contribution in [2.75, 3.05) is 6.54 Å². The maximum atomic E-state index is 12.0. The van der Waals surface area contributed by atoms with Gasteiger partial charge in [0.05, 0.1) is 0 Å². The van der Waals surface area contributed by atoms with Crippen LogP contribution in [0.15, 0.2) is 42.5 Å². The van der Waals surface area contributed by atoms with Crippen molar-refractivity contribution >= 4 is 11.8 Å². The summed E-state index contributed by atoms with van der Waals surface area (Å²) >= 11 is 0. The largest absolute Gasteiger partial charge is 0.285 e. The van der Waals surface area contributed by atoms with Crippen molar-refractivity contribution in [2.24, 2.45) is 5.92 Å². The SMILES string of the molecule is C[C@@H](c1ccccc1)N1[C@H]2C=C[C@H](C2)[C@@H]1CN1C(=O)CCC1=O. The molecule has 2 bridgehead atoms. The van der Waals surface area contributed by atoms with Crippen LogP contribution in [0.25, 0.3) is 0 Å². The molecule has 0 spiro atoms. The number of amides is 2. The summed E-state index contributed by atoms with van der Waals surface area (Å²) in [7, 11) is 0. The number of hydrogen-bond acceptors (Lipinski definition) is 3. The first-order chi connectivity index (χ1) is 11.1. The molecule has 23 heavy (non-hydrogen) atoms. The van der Waals surface area contributed by atoms with Crippen molar-refractivity contribution in [2.45, 2.75) is 44.3 Å². The lowest BCUT2D eigenvalue weighted by atomic mass is 9.98. The van der Waals surface area contributed by atoms with Gasteiger partial charge < -0.3 is 0 Å². The molecule has 4 rings (SSSR count). The van der Waals surface area contributed by atoms with Crippen molar-refractivity contribution in [3.63, 3.8) is 0 Å². The molecule has 2 heterocycles. The smallest absolute Gasteiger partial charge is 0.229 e. The summed E-state index contributed by atoms with van der Waals surface area (Å²) in [5.41, 5.74) is 1.29. The van der Waals surface area contributed by atoms with Gasteiger partial charge in [-0.05, 0) is 24.8 Å². The summed E-state index contributed by atoms with van der Waals surface area (Å²) in [6.07, 6.45) is 6.42. The molecular weight excluding hydrogens is 288 g/mol. The second-order valence-electron chi connectivity index (χ2n) is 6.85. The highest BCUT2D eigenvalue weighted by Crippen LogP contribution is 2.43. The Morgan fingerprint density at radius 1 is 1.09 bits per heavy atom. The first-order valence-corrected chi connectivity index (χ1v) is 8.49. The molecule has 0 N–H and O–H groups in total. The fourth-order valence-electron chi connectivity index (χ4n) is 4.40. The lowest BCUT2D eigenvalue weighted by molar-refractivity contribution is -0.139. The number of benzene rings is 1. The van der Waals surface area contributed by atoms with Crippen molar-refractivity contribution < 1.29 is 9.59 Å². The van der Waals surface area contributed by atoms with Gasteiger partial charge in [0, 0.05) is 37.5 Å². The molecular formula is C19H22N2O2. The topological polar surface area (TPSA) is 40.6 Å². The number of hydrogen-bond donors (Lipinski definition) is 0. The van der Waals surface area contributed by atoms with E-state index in [1.807, 2.05) is 6.07 Å². The van der Waals surface area contributed by atoms with Gasteiger partial charge in [0.2, 0.25) is 11.8 Å². The monoisotopic (exact) mass is 310 g/mol. The van der Waals surface area contributed by atoms with E-state index in [0.717, 1.165) is 6.42 Å². The Kier molecular flexibility index (Phi) is 3.57. The molecule has 3 aliphatic rings. The number of fused-ring (bicyclic) bond motifs is 2. The number of carbonyl (C=O) groups excluding carboxylic acids is 2. The van der Waals surface area contributed by atoms with E-state index in [2.05, 4.69) is 48.2 Å². The van der Waals surface area contributed by atoms with E-state index in [9.17, 15) is 9.59 Å². The Hall–Kier alpha value is -1.94. The molecule has 0 radical (unpaired) electrons. The highest BCUT2D eigenvalue weighted by molar-refractivity contribution is 6.01. The zero-order chi connectivity index (χ0) is 16.0. The quantitative estimate of drug-likeness (QED) is 0.634. The Bertz CT molecular complexity index is 639. The first kappa shape index (κ1) is 14.6.